The lowest BCUT2D eigenvalue weighted by Gasteiger charge is -2.12. The van der Waals surface area contributed by atoms with E-state index in [9.17, 15) is 0 Å². The summed E-state index contributed by atoms with van der Waals surface area (Å²) in [6.07, 6.45) is 0. The summed E-state index contributed by atoms with van der Waals surface area (Å²) in [5.41, 5.74) is 35.8. The highest BCUT2D eigenvalue weighted by atomic mass is 14.9. The van der Waals surface area contributed by atoms with Crippen LogP contribution < -0.4 is 0 Å². The van der Waals surface area contributed by atoms with E-state index in [1.807, 2.05) is 97.9 Å². The van der Waals surface area contributed by atoms with Gasteiger partial charge in [0, 0.05) is 55.8 Å². The lowest BCUT2D eigenvalue weighted by molar-refractivity contribution is 1.11. The fourth-order valence-electron chi connectivity index (χ4n) is 14.4. The van der Waals surface area contributed by atoms with E-state index in [2.05, 4.69) is 384 Å². The Kier molecular flexibility index (Phi) is 24.2. The summed E-state index contributed by atoms with van der Waals surface area (Å²) in [5, 5.41) is 0. The molecule has 564 valence electrons. The third-order valence-electron chi connectivity index (χ3n) is 20.7. The Bertz CT molecular complexity index is 6470. The summed E-state index contributed by atoms with van der Waals surface area (Å²) < 4.78 is 0. The van der Waals surface area contributed by atoms with Crippen molar-refractivity contribution in [2.75, 3.05) is 0 Å². The molecule has 4 aromatic heterocycles. The Labute approximate surface area is 692 Å². The van der Waals surface area contributed by atoms with Gasteiger partial charge in [-0.1, -0.05) is 424 Å². The quantitative estimate of drug-likeness (QED) is 0.102. The number of benzene rings is 15. The molecule has 0 bridgehead atoms. The normalized spacial score (nSPS) is 10.7. The monoisotopic (exact) mass is 1510 g/mol. The maximum Gasteiger partial charge on any atom is 0.160 e. The predicted molar refractivity (Wildman–Crippen MR) is 493 cm³/mol. The Balaban J connectivity index is 0.000000118. The third-order valence-corrected chi connectivity index (χ3v) is 20.7. The maximum atomic E-state index is 5.03. The van der Waals surface area contributed by atoms with Gasteiger partial charge < -0.3 is 0 Å². The number of aryl methyl sites for hydroxylation is 4. The highest BCUT2D eigenvalue weighted by Crippen LogP contribution is 2.37. The van der Waals surface area contributed by atoms with Crippen molar-refractivity contribution < 1.29 is 0 Å². The molecule has 0 aliphatic rings. The average molecular weight is 1520 g/mol. The molecule has 4 heterocycles. The van der Waals surface area contributed by atoms with Crippen LogP contribution in [0.5, 0.6) is 0 Å². The second kappa shape index (κ2) is 37.2. The standard InChI is InChI=1S/2C30H23N.C29H22N2.C23H18N2/c1-22-10-8-9-15-28(22)27-20-29(25-13-6-3-7-14-25)31-30(21-27)26-18-16-24(17-19-26)23-11-4-2-5-12-23;1-22-9-8-14-27(19-22)28-20-29(25-12-6-3-7-13-25)31-30(21-28)26-17-15-24(16-18-26)23-10-4-2-5-11-23;1-21-12-14-24(15-13-21)27-20-28(31-29(30-27)26-10-6-3-7-11-26)25-18-16-23(17-19-25)22-8-4-2-5-9-22;1-17-16-22(25-23(24-17)21-10-6-3-7-11-21)20-14-12-19(13-15-20)18-8-4-2-5-9-18/h2*2-21H,1H3;2-20H,1H3;2-16H,1H3. The van der Waals surface area contributed by atoms with Gasteiger partial charge in [0.05, 0.1) is 39.9 Å². The molecule has 19 rings (SSSR count). The maximum absolute atomic E-state index is 5.03. The molecule has 0 radical (unpaired) electrons. The van der Waals surface area contributed by atoms with Gasteiger partial charge in [-0.2, -0.15) is 0 Å². The van der Waals surface area contributed by atoms with Gasteiger partial charge in [-0.3, -0.25) is 0 Å². The van der Waals surface area contributed by atoms with E-state index < -0.39 is 0 Å². The molecule has 0 spiro atoms. The van der Waals surface area contributed by atoms with Crippen molar-refractivity contribution in [1.82, 2.24) is 29.9 Å². The molecule has 0 saturated carbocycles. The Morgan fingerprint density at radius 3 is 0.720 bits per heavy atom. The van der Waals surface area contributed by atoms with Gasteiger partial charge in [-0.15, -0.1) is 0 Å². The van der Waals surface area contributed by atoms with Crippen LogP contribution in [0, 0.1) is 27.7 Å². The van der Waals surface area contributed by atoms with Crippen LogP contribution in [0.1, 0.15) is 22.4 Å². The molecule has 0 saturated heterocycles. The molecule has 0 unspecified atom stereocenters. The van der Waals surface area contributed by atoms with Gasteiger partial charge in [0.2, 0.25) is 0 Å². The van der Waals surface area contributed by atoms with E-state index >= 15 is 0 Å². The molecule has 19 aromatic rings. The molecule has 0 fully saturated rings. The summed E-state index contributed by atoms with van der Waals surface area (Å²) in [6, 6.07) is 156. The van der Waals surface area contributed by atoms with Crippen LogP contribution in [0.25, 0.3) is 168 Å². The Morgan fingerprint density at radius 1 is 0.136 bits per heavy atom. The van der Waals surface area contributed by atoms with Crippen molar-refractivity contribution in [3.8, 4) is 168 Å². The minimum Gasteiger partial charge on any atom is -0.248 e. The van der Waals surface area contributed by atoms with E-state index in [-0.39, 0.29) is 0 Å². The predicted octanol–water partition coefficient (Wildman–Crippen LogP) is 29.4. The molecule has 0 aliphatic carbocycles. The summed E-state index contributed by atoms with van der Waals surface area (Å²) in [4.78, 5) is 29.2. The van der Waals surface area contributed by atoms with Crippen LogP contribution in [0.2, 0.25) is 0 Å². The smallest absolute Gasteiger partial charge is 0.160 e. The molecular formula is C112H86N6. The molecule has 0 aliphatic heterocycles. The number of nitrogens with zero attached hydrogens (tertiary/aromatic N) is 6. The summed E-state index contributed by atoms with van der Waals surface area (Å²) in [7, 11) is 0. The van der Waals surface area contributed by atoms with Gasteiger partial charge in [0.25, 0.3) is 0 Å². The lowest BCUT2D eigenvalue weighted by atomic mass is 9.96. The number of hydrogen-bond acceptors (Lipinski definition) is 6. The molecule has 15 aromatic carbocycles. The van der Waals surface area contributed by atoms with Crippen LogP contribution >= 0.6 is 0 Å². The molecule has 0 N–H and O–H groups in total. The van der Waals surface area contributed by atoms with E-state index in [1.54, 1.807) is 0 Å². The number of hydrogen-bond donors (Lipinski definition) is 0. The van der Waals surface area contributed by atoms with Crippen LogP contribution in [-0.4, -0.2) is 29.9 Å². The first-order chi connectivity index (χ1) is 58.1. The van der Waals surface area contributed by atoms with Crippen molar-refractivity contribution in [1.29, 1.82) is 0 Å². The zero-order valence-corrected chi connectivity index (χ0v) is 66.4. The van der Waals surface area contributed by atoms with Crippen LogP contribution in [-0.2, 0) is 0 Å². The van der Waals surface area contributed by atoms with Crippen molar-refractivity contribution in [3.05, 3.63) is 471 Å². The fraction of sp³-hybridized carbons (Fsp3) is 0.0357. The van der Waals surface area contributed by atoms with Crippen LogP contribution in [0.3, 0.4) is 0 Å². The Hall–Kier alpha value is -15.2. The van der Waals surface area contributed by atoms with Crippen molar-refractivity contribution in [3.63, 3.8) is 0 Å². The number of aromatic nitrogens is 6. The number of pyridine rings is 2. The lowest BCUT2D eigenvalue weighted by Crippen LogP contribution is -1.96. The molecular weight excluding hydrogens is 1430 g/mol. The topological polar surface area (TPSA) is 77.3 Å². The third kappa shape index (κ3) is 19.3. The summed E-state index contributed by atoms with van der Waals surface area (Å²) in [6.45, 7) is 8.40. The Morgan fingerprint density at radius 2 is 0.381 bits per heavy atom. The second-order valence-electron chi connectivity index (χ2n) is 29.2. The van der Waals surface area contributed by atoms with Crippen molar-refractivity contribution in [2.24, 2.45) is 0 Å². The van der Waals surface area contributed by atoms with E-state index in [1.165, 1.54) is 83.5 Å². The van der Waals surface area contributed by atoms with Crippen LogP contribution in [0.15, 0.2) is 449 Å². The van der Waals surface area contributed by atoms with Gasteiger partial charge in [-0.25, -0.2) is 29.9 Å². The average Bonchev–Trinajstić information content (AvgIpc) is 0.807. The van der Waals surface area contributed by atoms with Crippen LogP contribution in [0.4, 0.5) is 0 Å². The zero-order valence-electron chi connectivity index (χ0n) is 66.4. The number of rotatable bonds is 15. The van der Waals surface area contributed by atoms with E-state index in [4.69, 9.17) is 24.9 Å². The molecule has 0 amide bonds. The highest BCUT2D eigenvalue weighted by molar-refractivity contribution is 5.82. The van der Waals surface area contributed by atoms with Crippen molar-refractivity contribution in [2.45, 2.75) is 27.7 Å². The minimum atomic E-state index is 0.737. The van der Waals surface area contributed by atoms with Crippen molar-refractivity contribution >= 4 is 0 Å². The van der Waals surface area contributed by atoms with E-state index in [0.29, 0.717) is 0 Å². The second-order valence-corrected chi connectivity index (χ2v) is 29.2. The summed E-state index contributed by atoms with van der Waals surface area (Å²) >= 11 is 0. The molecule has 6 nitrogen and oxygen atoms in total. The van der Waals surface area contributed by atoms with E-state index in [0.717, 1.165) is 107 Å². The first-order valence-electron chi connectivity index (χ1n) is 39.9. The van der Waals surface area contributed by atoms with Gasteiger partial charge >= 0.3 is 0 Å². The molecule has 118 heavy (non-hydrogen) atoms. The fourth-order valence-corrected chi connectivity index (χ4v) is 14.4. The first kappa shape index (κ1) is 76.7. The molecule has 6 heteroatoms. The SMILES string of the molecule is Cc1cc(-c2ccc(-c3ccccc3)cc2)nc(-c2ccccc2)n1.Cc1ccc(-c2cc(-c3ccc(-c4ccccc4)cc3)nc(-c3ccccc3)n2)cc1.Cc1cccc(-c2cc(-c3ccccc3)nc(-c3ccc(-c4ccccc4)cc3)c2)c1.Cc1ccccc1-c1cc(-c2ccccc2)nc(-c2ccc(-c3ccccc3)cc2)c1. The molecule has 0 atom stereocenters. The highest BCUT2D eigenvalue weighted by Gasteiger charge is 2.16. The minimum absolute atomic E-state index is 0.737. The first-order valence-corrected chi connectivity index (χ1v) is 39.9. The van der Waals surface area contributed by atoms with Gasteiger partial charge in [0.15, 0.2) is 11.6 Å². The zero-order chi connectivity index (χ0) is 80.2. The summed E-state index contributed by atoms with van der Waals surface area (Å²) in [5.74, 6) is 1.50. The van der Waals surface area contributed by atoms with Gasteiger partial charge in [0.1, 0.15) is 0 Å². The largest absolute Gasteiger partial charge is 0.248 e. The van der Waals surface area contributed by atoms with Gasteiger partial charge in [-0.05, 0) is 136 Å².